The van der Waals surface area contributed by atoms with E-state index in [1.165, 1.54) is 36.6 Å². The van der Waals surface area contributed by atoms with Gasteiger partial charge < -0.3 is 5.73 Å². The van der Waals surface area contributed by atoms with Crippen LogP contribution in [0.5, 0.6) is 0 Å². The summed E-state index contributed by atoms with van der Waals surface area (Å²) in [5, 5.41) is 0. The van der Waals surface area contributed by atoms with Crippen LogP contribution in [0.15, 0.2) is 66.3 Å². The number of carbonyl (C=O) groups excluding carboxylic acids is 1. The fraction of sp³-hybridized carbons (Fsp3) is 0.150. The molecule has 0 fully saturated rings. The van der Waals surface area contributed by atoms with Crippen molar-refractivity contribution in [3.63, 3.8) is 0 Å². The fourth-order valence-electron chi connectivity index (χ4n) is 3.30. The molecule has 146 valence electrons. The molecular formula is C20H16F2N6O. The van der Waals surface area contributed by atoms with E-state index in [1.54, 1.807) is 30.6 Å². The monoisotopic (exact) mass is 394 g/mol. The first kappa shape index (κ1) is 18.6. The first-order valence-electron chi connectivity index (χ1n) is 8.67. The Morgan fingerprint density at radius 3 is 2.38 bits per heavy atom. The van der Waals surface area contributed by atoms with Crippen molar-refractivity contribution in [1.82, 2.24) is 19.9 Å². The van der Waals surface area contributed by atoms with Gasteiger partial charge in [-0.15, -0.1) is 0 Å². The third-order valence-electron chi connectivity index (χ3n) is 4.84. The van der Waals surface area contributed by atoms with Crippen LogP contribution in [0, 0.1) is 0 Å². The Hall–Kier alpha value is -3.75. The molecule has 2 aromatic heterocycles. The van der Waals surface area contributed by atoms with E-state index < -0.39 is 17.9 Å². The van der Waals surface area contributed by atoms with E-state index in [1.807, 2.05) is 6.07 Å². The molecule has 9 heteroatoms. The fourth-order valence-corrected chi connectivity index (χ4v) is 3.30. The second-order valence-corrected chi connectivity index (χ2v) is 6.52. The lowest BCUT2D eigenvalue weighted by atomic mass is 9.82. The van der Waals surface area contributed by atoms with Gasteiger partial charge in [-0.2, -0.15) is 0 Å². The number of rotatable bonds is 4. The van der Waals surface area contributed by atoms with E-state index in [0.717, 1.165) is 11.1 Å². The Bertz CT molecular complexity index is 1090. The lowest BCUT2D eigenvalue weighted by molar-refractivity contribution is -0.129. The standard InChI is InChI=1S/C20H16F2N6O/c1-28-18(29)20(27-19(28)23,15-5-6-16(17(21)22)26-10-15)14-4-2-3-12(7-14)13-8-24-11-25-9-13/h2-11,17H,1H3,(H2,23,27). The van der Waals surface area contributed by atoms with Crippen molar-refractivity contribution in [3.05, 3.63) is 78.1 Å². The van der Waals surface area contributed by atoms with Crippen LogP contribution in [0.4, 0.5) is 8.78 Å². The average Bonchev–Trinajstić information content (AvgIpc) is 2.99. The summed E-state index contributed by atoms with van der Waals surface area (Å²) < 4.78 is 25.9. The van der Waals surface area contributed by atoms with Gasteiger partial charge in [-0.05, 0) is 23.3 Å². The maximum Gasteiger partial charge on any atom is 0.280 e. The second-order valence-electron chi connectivity index (χ2n) is 6.52. The van der Waals surface area contributed by atoms with Crippen LogP contribution < -0.4 is 5.73 Å². The minimum absolute atomic E-state index is 0.0291. The number of benzene rings is 1. The minimum Gasteiger partial charge on any atom is -0.369 e. The molecule has 2 N–H and O–H groups in total. The third kappa shape index (κ3) is 3.00. The van der Waals surface area contributed by atoms with E-state index in [-0.39, 0.29) is 11.7 Å². The topological polar surface area (TPSA) is 97.4 Å². The van der Waals surface area contributed by atoms with Crippen molar-refractivity contribution >= 4 is 11.9 Å². The highest BCUT2D eigenvalue weighted by Crippen LogP contribution is 2.40. The van der Waals surface area contributed by atoms with Gasteiger partial charge in [-0.25, -0.2) is 23.7 Å². The summed E-state index contributed by atoms with van der Waals surface area (Å²) in [6.07, 6.45) is 3.26. The van der Waals surface area contributed by atoms with E-state index >= 15 is 0 Å². The number of pyridine rings is 1. The second kappa shape index (κ2) is 7.01. The number of aromatic nitrogens is 3. The summed E-state index contributed by atoms with van der Waals surface area (Å²) in [5.74, 6) is -0.371. The summed E-state index contributed by atoms with van der Waals surface area (Å²) >= 11 is 0. The van der Waals surface area contributed by atoms with Gasteiger partial charge in [-0.3, -0.25) is 14.7 Å². The van der Waals surface area contributed by atoms with E-state index in [9.17, 15) is 13.6 Å². The maximum atomic E-state index is 13.2. The molecule has 1 amide bonds. The van der Waals surface area contributed by atoms with E-state index in [2.05, 4.69) is 19.9 Å². The molecule has 1 aromatic carbocycles. The number of hydrogen-bond donors (Lipinski definition) is 1. The van der Waals surface area contributed by atoms with Crippen molar-refractivity contribution in [2.45, 2.75) is 12.0 Å². The Morgan fingerprint density at radius 1 is 1.03 bits per heavy atom. The van der Waals surface area contributed by atoms with Crippen LogP contribution in [0.2, 0.25) is 0 Å². The minimum atomic E-state index is -2.71. The predicted octanol–water partition coefficient (Wildman–Crippen LogP) is 2.51. The molecule has 29 heavy (non-hydrogen) atoms. The number of carbonyl (C=O) groups is 1. The highest BCUT2D eigenvalue weighted by Gasteiger charge is 2.49. The SMILES string of the molecule is CN1C(=O)C(c2ccc(C(F)F)nc2)(c2cccc(-c3cncnc3)c2)N=C1N. The number of alkyl halides is 2. The smallest absolute Gasteiger partial charge is 0.280 e. The highest BCUT2D eigenvalue weighted by atomic mass is 19.3. The molecule has 1 aliphatic heterocycles. The van der Waals surface area contributed by atoms with Gasteiger partial charge in [0.25, 0.3) is 12.3 Å². The number of likely N-dealkylation sites (N-methyl/N-ethyl adjacent to an activating group) is 1. The molecule has 0 bridgehead atoms. The number of guanidine groups is 1. The number of nitrogens with two attached hydrogens (primary N) is 1. The van der Waals surface area contributed by atoms with Crippen LogP contribution in [0.25, 0.3) is 11.1 Å². The quantitative estimate of drug-likeness (QED) is 0.733. The Labute approximate surface area is 165 Å². The van der Waals surface area contributed by atoms with Crippen LogP contribution in [0.3, 0.4) is 0 Å². The van der Waals surface area contributed by atoms with Crippen molar-refractivity contribution in [2.75, 3.05) is 7.05 Å². The lowest BCUT2D eigenvalue weighted by Gasteiger charge is -2.26. The molecule has 0 radical (unpaired) electrons. The number of aliphatic imine (C=N–C) groups is 1. The van der Waals surface area contributed by atoms with Crippen LogP contribution >= 0.6 is 0 Å². The Kier molecular flexibility index (Phi) is 4.50. The molecule has 3 aromatic rings. The van der Waals surface area contributed by atoms with Gasteiger partial charge in [0.05, 0.1) is 0 Å². The summed E-state index contributed by atoms with van der Waals surface area (Å²) in [4.78, 5) is 30.8. The predicted molar refractivity (Wildman–Crippen MR) is 102 cm³/mol. The average molecular weight is 394 g/mol. The lowest BCUT2D eigenvalue weighted by Crippen LogP contribution is -2.41. The summed E-state index contributed by atoms with van der Waals surface area (Å²) in [7, 11) is 1.51. The molecule has 0 spiro atoms. The largest absolute Gasteiger partial charge is 0.369 e. The molecule has 0 saturated heterocycles. The van der Waals surface area contributed by atoms with Crippen molar-refractivity contribution in [3.8, 4) is 11.1 Å². The van der Waals surface area contributed by atoms with Gasteiger partial charge in [0.1, 0.15) is 12.0 Å². The van der Waals surface area contributed by atoms with Crippen molar-refractivity contribution in [1.29, 1.82) is 0 Å². The highest BCUT2D eigenvalue weighted by molar-refractivity contribution is 6.09. The molecule has 3 heterocycles. The molecule has 0 aliphatic carbocycles. The first-order chi connectivity index (χ1) is 13.9. The zero-order chi connectivity index (χ0) is 20.6. The zero-order valence-electron chi connectivity index (χ0n) is 15.3. The van der Waals surface area contributed by atoms with Gasteiger partial charge in [0, 0.05) is 36.8 Å². The number of nitrogens with zero attached hydrogens (tertiary/aromatic N) is 5. The van der Waals surface area contributed by atoms with Gasteiger partial charge >= 0.3 is 0 Å². The van der Waals surface area contributed by atoms with Crippen molar-refractivity contribution < 1.29 is 13.6 Å². The van der Waals surface area contributed by atoms with Gasteiger partial charge in [-0.1, -0.05) is 24.3 Å². The number of amides is 1. The van der Waals surface area contributed by atoms with E-state index in [0.29, 0.717) is 11.1 Å². The summed E-state index contributed by atoms with van der Waals surface area (Å²) in [6, 6.07) is 9.77. The normalized spacial score (nSPS) is 19.0. The zero-order valence-corrected chi connectivity index (χ0v) is 15.3. The summed E-state index contributed by atoms with van der Waals surface area (Å²) in [5.41, 5.74) is 6.45. The maximum absolute atomic E-state index is 13.2. The Balaban J connectivity index is 1.90. The molecule has 1 atom stereocenters. The molecular weight excluding hydrogens is 378 g/mol. The first-order valence-corrected chi connectivity index (χ1v) is 8.67. The molecule has 7 nitrogen and oxygen atoms in total. The summed E-state index contributed by atoms with van der Waals surface area (Å²) in [6.45, 7) is 0. The van der Waals surface area contributed by atoms with E-state index in [4.69, 9.17) is 5.73 Å². The molecule has 1 aliphatic rings. The van der Waals surface area contributed by atoms with Crippen molar-refractivity contribution in [2.24, 2.45) is 10.7 Å². The van der Waals surface area contributed by atoms with Crippen LogP contribution in [0.1, 0.15) is 23.2 Å². The van der Waals surface area contributed by atoms with Gasteiger partial charge in [0.2, 0.25) is 0 Å². The number of hydrogen-bond acceptors (Lipinski definition) is 6. The van der Waals surface area contributed by atoms with Crippen LogP contribution in [-0.4, -0.2) is 38.8 Å². The Morgan fingerprint density at radius 2 is 1.79 bits per heavy atom. The number of halogens is 2. The molecule has 1 unspecified atom stereocenters. The van der Waals surface area contributed by atoms with Crippen LogP contribution in [-0.2, 0) is 10.3 Å². The molecule has 4 rings (SSSR count). The third-order valence-corrected chi connectivity index (χ3v) is 4.84. The molecule has 0 saturated carbocycles. The van der Waals surface area contributed by atoms with Gasteiger partial charge in [0.15, 0.2) is 11.5 Å².